The molecule has 5 heteroatoms. The lowest BCUT2D eigenvalue weighted by atomic mass is 10.00. The molecule has 0 saturated carbocycles. The van der Waals surface area contributed by atoms with Crippen LogP contribution in [-0.4, -0.2) is 19.5 Å². The molecule has 234 valence electrons. The summed E-state index contributed by atoms with van der Waals surface area (Å²) in [7, 11) is 0. The summed E-state index contributed by atoms with van der Waals surface area (Å²) in [6.07, 6.45) is 0. The molecule has 0 amide bonds. The normalized spacial score (nSPS) is 11.6. The second kappa shape index (κ2) is 11.6. The number of thiophene rings is 1. The maximum absolute atomic E-state index is 5.23. The minimum Gasteiger partial charge on any atom is -0.309 e. The largest absolute Gasteiger partial charge is 0.309 e. The molecule has 0 aliphatic rings. The van der Waals surface area contributed by atoms with E-state index < -0.39 is 0 Å². The Hall–Kier alpha value is -6.43. The molecular weight excluding hydrogens is 629 g/mol. The van der Waals surface area contributed by atoms with Crippen molar-refractivity contribution in [1.82, 2.24) is 19.5 Å². The minimum absolute atomic E-state index is 0.638. The van der Waals surface area contributed by atoms with E-state index in [-0.39, 0.29) is 0 Å². The molecule has 50 heavy (non-hydrogen) atoms. The molecule has 0 spiro atoms. The Morgan fingerprint density at radius 3 is 1.78 bits per heavy atom. The van der Waals surface area contributed by atoms with Crippen LogP contribution >= 0.6 is 11.3 Å². The average molecular weight is 657 g/mol. The van der Waals surface area contributed by atoms with Crippen molar-refractivity contribution in [3.05, 3.63) is 170 Å². The molecule has 4 nitrogen and oxygen atoms in total. The van der Waals surface area contributed by atoms with Gasteiger partial charge in [-0.15, -0.1) is 11.3 Å². The first-order chi connectivity index (χ1) is 24.8. The van der Waals surface area contributed by atoms with Crippen LogP contribution in [0.5, 0.6) is 0 Å². The van der Waals surface area contributed by atoms with E-state index in [1.807, 2.05) is 6.07 Å². The number of rotatable bonds is 5. The molecule has 3 heterocycles. The maximum Gasteiger partial charge on any atom is 0.174 e. The van der Waals surface area contributed by atoms with Crippen LogP contribution in [0, 0.1) is 0 Å². The molecule has 0 aliphatic carbocycles. The Morgan fingerprint density at radius 2 is 1.00 bits per heavy atom. The topological polar surface area (TPSA) is 43.6 Å². The molecule has 0 unspecified atom stereocenters. The van der Waals surface area contributed by atoms with Gasteiger partial charge in [0.05, 0.1) is 21.6 Å². The van der Waals surface area contributed by atoms with Crippen LogP contribution in [0.2, 0.25) is 0 Å². The summed E-state index contributed by atoms with van der Waals surface area (Å²) in [5, 5.41) is 5.92. The van der Waals surface area contributed by atoms with E-state index in [9.17, 15) is 0 Å². The van der Waals surface area contributed by atoms with Gasteiger partial charge in [-0.1, -0.05) is 121 Å². The zero-order chi connectivity index (χ0) is 33.0. The van der Waals surface area contributed by atoms with Crippen LogP contribution in [-0.2, 0) is 0 Å². The van der Waals surface area contributed by atoms with Gasteiger partial charge in [0.15, 0.2) is 17.5 Å². The second-order valence-electron chi connectivity index (χ2n) is 12.5. The predicted octanol–water partition coefficient (Wildman–Crippen LogP) is 12.0. The van der Waals surface area contributed by atoms with Crippen LogP contribution in [0.3, 0.4) is 0 Å². The van der Waals surface area contributed by atoms with Crippen molar-refractivity contribution >= 4 is 54.0 Å². The number of nitrogens with zero attached hydrogens (tertiary/aromatic N) is 4. The minimum atomic E-state index is 0.638. The lowest BCUT2D eigenvalue weighted by Gasteiger charge is -2.14. The molecular formula is C45H28N4S. The van der Waals surface area contributed by atoms with Gasteiger partial charge in [0, 0.05) is 26.6 Å². The number of fused-ring (bicyclic) bond motifs is 5. The van der Waals surface area contributed by atoms with Crippen LogP contribution in [0.1, 0.15) is 0 Å². The highest BCUT2D eigenvalue weighted by atomic mass is 32.1. The van der Waals surface area contributed by atoms with Crippen LogP contribution in [0.25, 0.3) is 93.0 Å². The third kappa shape index (κ3) is 4.79. The van der Waals surface area contributed by atoms with Crippen molar-refractivity contribution in [2.75, 3.05) is 0 Å². The van der Waals surface area contributed by atoms with Gasteiger partial charge >= 0.3 is 0 Å². The van der Waals surface area contributed by atoms with E-state index in [0.29, 0.717) is 17.5 Å². The summed E-state index contributed by atoms with van der Waals surface area (Å²) >= 11 is 1.71. The molecule has 0 atom stereocenters. The quantitative estimate of drug-likeness (QED) is 0.185. The summed E-state index contributed by atoms with van der Waals surface area (Å²) in [5.74, 6) is 1.95. The third-order valence-corrected chi connectivity index (χ3v) is 10.6. The van der Waals surface area contributed by atoms with E-state index >= 15 is 0 Å². The first-order valence-corrected chi connectivity index (χ1v) is 17.5. The van der Waals surface area contributed by atoms with Crippen molar-refractivity contribution in [2.24, 2.45) is 0 Å². The first-order valence-electron chi connectivity index (χ1n) is 16.7. The highest BCUT2D eigenvalue weighted by molar-refractivity contribution is 7.22. The summed E-state index contributed by atoms with van der Waals surface area (Å²) in [4.78, 5) is 16.6. The van der Waals surface area contributed by atoms with Gasteiger partial charge in [-0.3, -0.25) is 0 Å². The standard InChI is InChI=1S/C45H28N4S/c1-2-12-29(13-3-1)30-22-23-32-27-34(25-24-31(32)26-30)43-46-44(48-45(47-43)42-28-33-14-4-11-21-41(33)50-42)37-17-7-10-20-40(37)49-38-18-8-5-15-35(38)36-16-6-9-19-39(36)49/h1-28H. The number of benzene rings is 7. The monoisotopic (exact) mass is 656 g/mol. The van der Waals surface area contributed by atoms with E-state index in [1.54, 1.807) is 11.3 Å². The van der Waals surface area contributed by atoms with Crippen molar-refractivity contribution in [1.29, 1.82) is 0 Å². The number of para-hydroxylation sites is 3. The molecule has 10 aromatic rings. The van der Waals surface area contributed by atoms with E-state index in [1.165, 1.54) is 37.4 Å². The maximum atomic E-state index is 5.23. The Balaban J connectivity index is 1.18. The summed E-state index contributed by atoms with van der Waals surface area (Å²) in [5.41, 5.74) is 7.60. The van der Waals surface area contributed by atoms with E-state index in [0.717, 1.165) is 38.1 Å². The molecule has 10 rings (SSSR count). The zero-order valence-electron chi connectivity index (χ0n) is 26.9. The highest BCUT2D eigenvalue weighted by Crippen LogP contribution is 2.38. The lowest BCUT2D eigenvalue weighted by molar-refractivity contribution is 1.07. The van der Waals surface area contributed by atoms with Crippen molar-refractivity contribution in [2.45, 2.75) is 0 Å². The number of hydrogen-bond acceptors (Lipinski definition) is 4. The zero-order valence-corrected chi connectivity index (χ0v) is 27.7. The Kier molecular flexibility index (Phi) is 6.64. The van der Waals surface area contributed by atoms with E-state index in [2.05, 4.69) is 168 Å². The molecule has 3 aromatic heterocycles. The Morgan fingerprint density at radius 1 is 0.400 bits per heavy atom. The molecule has 0 fully saturated rings. The fraction of sp³-hybridized carbons (Fsp3) is 0. The smallest absolute Gasteiger partial charge is 0.174 e. The lowest BCUT2D eigenvalue weighted by Crippen LogP contribution is -2.03. The van der Waals surface area contributed by atoms with Gasteiger partial charge in [-0.2, -0.15) is 0 Å². The molecule has 0 N–H and O–H groups in total. The van der Waals surface area contributed by atoms with Gasteiger partial charge in [0.25, 0.3) is 0 Å². The number of aromatic nitrogens is 4. The van der Waals surface area contributed by atoms with E-state index in [4.69, 9.17) is 15.0 Å². The summed E-state index contributed by atoms with van der Waals surface area (Å²) < 4.78 is 3.54. The fourth-order valence-electron chi connectivity index (χ4n) is 7.06. The first kappa shape index (κ1) is 28.6. The van der Waals surface area contributed by atoms with Gasteiger partial charge in [-0.25, -0.2) is 15.0 Å². The van der Waals surface area contributed by atoms with Gasteiger partial charge < -0.3 is 4.57 Å². The van der Waals surface area contributed by atoms with Gasteiger partial charge in [-0.05, 0) is 75.8 Å². The SMILES string of the molecule is c1ccc(-c2ccc3cc(-c4nc(-c5cc6ccccc6s5)nc(-c5ccccc5-n5c6ccccc6c6ccccc65)n4)ccc3c2)cc1. The average Bonchev–Trinajstić information content (AvgIpc) is 3.78. The van der Waals surface area contributed by atoms with Crippen molar-refractivity contribution in [3.8, 4) is 50.3 Å². The Labute approximate surface area is 292 Å². The summed E-state index contributed by atoms with van der Waals surface area (Å²) in [6.45, 7) is 0. The van der Waals surface area contributed by atoms with Crippen LogP contribution in [0.15, 0.2) is 170 Å². The Bertz CT molecular complexity index is 2800. The third-order valence-electron chi connectivity index (χ3n) is 9.45. The highest BCUT2D eigenvalue weighted by Gasteiger charge is 2.19. The van der Waals surface area contributed by atoms with Crippen LogP contribution < -0.4 is 0 Å². The van der Waals surface area contributed by atoms with Crippen LogP contribution in [0.4, 0.5) is 0 Å². The molecule has 0 radical (unpaired) electrons. The second-order valence-corrected chi connectivity index (χ2v) is 13.6. The van der Waals surface area contributed by atoms with Crippen molar-refractivity contribution in [3.63, 3.8) is 0 Å². The molecule has 0 bridgehead atoms. The van der Waals surface area contributed by atoms with Crippen molar-refractivity contribution < 1.29 is 0 Å². The molecule has 0 saturated heterocycles. The predicted molar refractivity (Wildman–Crippen MR) is 209 cm³/mol. The molecule has 7 aromatic carbocycles. The number of hydrogen-bond donors (Lipinski definition) is 0. The molecule has 0 aliphatic heterocycles. The van der Waals surface area contributed by atoms with Gasteiger partial charge in [0.1, 0.15) is 0 Å². The summed E-state index contributed by atoms with van der Waals surface area (Å²) in [6, 6.07) is 59.9. The fourth-order valence-corrected chi connectivity index (χ4v) is 8.06. The van der Waals surface area contributed by atoms with Gasteiger partial charge in [0.2, 0.25) is 0 Å².